The number of benzene rings is 3. The van der Waals surface area contributed by atoms with Crippen LogP contribution in [0.3, 0.4) is 0 Å². The van der Waals surface area contributed by atoms with Crippen molar-refractivity contribution in [1.82, 2.24) is 4.90 Å². The molecule has 0 aliphatic carbocycles. The number of hydrogen-bond acceptors (Lipinski definition) is 4. The van der Waals surface area contributed by atoms with E-state index in [4.69, 9.17) is 9.47 Å². The largest absolute Gasteiger partial charge is 0.497 e. The minimum atomic E-state index is -1.05. The molecule has 6 nitrogen and oxygen atoms in total. The number of carboxylic acid groups (broad SMARTS) is 1. The number of amides is 1. The van der Waals surface area contributed by atoms with Crippen LogP contribution in [-0.4, -0.2) is 47.7 Å². The second kappa shape index (κ2) is 10.8. The zero-order chi connectivity index (χ0) is 25.7. The molecular weight excluding hydrogens is 461 g/mol. The molecule has 1 heterocycles. The monoisotopic (exact) mass is 491 g/mol. The average Bonchev–Trinajstić information content (AvgIpc) is 3.18. The summed E-state index contributed by atoms with van der Waals surface area (Å²) in [6, 6.07) is 19.6. The lowest BCUT2D eigenvalue weighted by Crippen LogP contribution is -2.38. The number of fused-ring (bicyclic) bond motifs is 1. The predicted octanol–water partition coefficient (Wildman–Crippen LogP) is 4.47. The number of aliphatic carboxylic acids is 1. The van der Waals surface area contributed by atoms with Gasteiger partial charge in [0.05, 0.1) is 13.5 Å². The molecule has 1 aliphatic heterocycles. The zero-order valence-corrected chi connectivity index (χ0v) is 20.5. The van der Waals surface area contributed by atoms with Crippen molar-refractivity contribution in [3.8, 4) is 11.5 Å². The molecule has 0 radical (unpaired) electrons. The lowest BCUT2D eigenvalue weighted by atomic mass is 9.91. The van der Waals surface area contributed by atoms with Crippen molar-refractivity contribution in [3.05, 3.63) is 94.8 Å². The lowest BCUT2D eigenvalue weighted by Gasteiger charge is -2.24. The van der Waals surface area contributed by atoms with E-state index >= 15 is 0 Å². The van der Waals surface area contributed by atoms with Crippen LogP contribution in [0.2, 0.25) is 0 Å². The Morgan fingerprint density at radius 3 is 2.53 bits per heavy atom. The van der Waals surface area contributed by atoms with E-state index in [0.717, 1.165) is 33.8 Å². The fraction of sp³-hybridized carbons (Fsp3) is 0.310. The SMILES string of the molecule is COc1cccc(CCN(CC(=O)O)C(=O)Cc2ccc3c(c2)C[C@@](C)(Cc2ccc(F)cc2)O3)c1. The van der Waals surface area contributed by atoms with Gasteiger partial charge in [-0.25, -0.2) is 4.39 Å². The second-order valence-electron chi connectivity index (χ2n) is 9.46. The van der Waals surface area contributed by atoms with Crippen LogP contribution in [-0.2, 0) is 35.3 Å². The Morgan fingerprint density at radius 1 is 1.06 bits per heavy atom. The molecule has 1 aliphatic rings. The highest BCUT2D eigenvalue weighted by molar-refractivity contribution is 5.83. The molecule has 0 bridgehead atoms. The fourth-order valence-electron chi connectivity index (χ4n) is 4.65. The summed E-state index contributed by atoms with van der Waals surface area (Å²) in [5, 5.41) is 9.35. The number of rotatable bonds is 10. The first-order valence-corrected chi connectivity index (χ1v) is 11.9. The Kier molecular flexibility index (Phi) is 7.58. The van der Waals surface area contributed by atoms with Gasteiger partial charge in [0.2, 0.25) is 5.91 Å². The number of carbonyl (C=O) groups is 2. The number of nitrogens with zero attached hydrogens (tertiary/aromatic N) is 1. The third-order valence-electron chi connectivity index (χ3n) is 6.38. The summed E-state index contributed by atoms with van der Waals surface area (Å²) in [5.74, 6) is -0.0676. The third kappa shape index (κ3) is 6.42. The van der Waals surface area contributed by atoms with Crippen LogP contribution in [0.4, 0.5) is 4.39 Å². The smallest absolute Gasteiger partial charge is 0.323 e. The van der Waals surface area contributed by atoms with Gasteiger partial charge in [-0.3, -0.25) is 9.59 Å². The first kappa shape index (κ1) is 25.2. The number of hydrogen-bond donors (Lipinski definition) is 1. The summed E-state index contributed by atoms with van der Waals surface area (Å²) >= 11 is 0. The summed E-state index contributed by atoms with van der Waals surface area (Å²) in [6.45, 7) is 1.96. The normalized spacial score (nSPS) is 16.2. The zero-order valence-electron chi connectivity index (χ0n) is 20.5. The Morgan fingerprint density at radius 2 is 1.81 bits per heavy atom. The van der Waals surface area contributed by atoms with E-state index in [1.54, 1.807) is 19.2 Å². The Balaban J connectivity index is 1.41. The van der Waals surface area contributed by atoms with Gasteiger partial charge in [0, 0.05) is 19.4 Å². The highest BCUT2D eigenvalue weighted by atomic mass is 19.1. The van der Waals surface area contributed by atoms with E-state index in [2.05, 4.69) is 0 Å². The summed E-state index contributed by atoms with van der Waals surface area (Å²) < 4.78 is 24.7. The molecule has 0 unspecified atom stereocenters. The molecule has 0 fully saturated rings. The van der Waals surface area contributed by atoms with Gasteiger partial charge in [-0.1, -0.05) is 36.4 Å². The minimum Gasteiger partial charge on any atom is -0.497 e. The molecule has 1 N–H and O–H groups in total. The molecule has 3 aromatic carbocycles. The Hall–Kier alpha value is -3.87. The number of carboxylic acids is 1. The van der Waals surface area contributed by atoms with Gasteiger partial charge in [-0.05, 0) is 65.9 Å². The van der Waals surface area contributed by atoms with E-state index < -0.39 is 11.6 Å². The van der Waals surface area contributed by atoms with Crippen LogP contribution in [0.5, 0.6) is 11.5 Å². The fourth-order valence-corrected chi connectivity index (χ4v) is 4.65. The number of halogens is 1. The van der Waals surface area contributed by atoms with Crippen LogP contribution in [0.15, 0.2) is 66.7 Å². The minimum absolute atomic E-state index is 0.105. The van der Waals surface area contributed by atoms with Crippen molar-refractivity contribution in [2.24, 2.45) is 0 Å². The molecule has 3 aromatic rings. The molecule has 1 amide bonds. The Labute approximate surface area is 210 Å². The molecule has 1 atom stereocenters. The Bertz CT molecular complexity index is 1240. The highest BCUT2D eigenvalue weighted by Gasteiger charge is 2.35. The summed E-state index contributed by atoms with van der Waals surface area (Å²) in [4.78, 5) is 25.9. The van der Waals surface area contributed by atoms with Gasteiger partial charge in [-0.2, -0.15) is 0 Å². The van der Waals surface area contributed by atoms with Gasteiger partial charge in [0.25, 0.3) is 0 Å². The molecular formula is C29H30FNO5. The van der Waals surface area contributed by atoms with Crippen molar-refractivity contribution >= 4 is 11.9 Å². The quantitative estimate of drug-likeness (QED) is 0.453. The topological polar surface area (TPSA) is 76.1 Å². The van der Waals surface area contributed by atoms with Crippen molar-refractivity contribution in [2.75, 3.05) is 20.2 Å². The maximum atomic E-state index is 13.3. The van der Waals surface area contributed by atoms with Gasteiger partial charge in [0.15, 0.2) is 0 Å². The van der Waals surface area contributed by atoms with Crippen molar-refractivity contribution < 1.29 is 28.6 Å². The van der Waals surface area contributed by atoms with Gasteiger partial charge >= 0.3 is 5.97 Å². The van der Waals surface area contributed by atoms with E-state index in [0.29, 0.717) is 25.8 Å². The molecule has 0 saturated heterocycles. The highest BCUT2D eigenvalue weighted by Crippen LogP contribution is 2.37. The summed E-state index contributed by atoms with van der Waals surface area (Å²) in [6.07, 6.45) is 1.92. The first-order chi connectivity index (χ1) is 17.2. The first-order valence-electron chi connectivity index (χ1n) is 11.9. The molecule has 0 saturated carbocycles. The van der Waals surface area contributed by atoms with E-state index in [1.165, 1.54) is 17.0 Å². The lowest BCUT2D eigenvalue weighted by molar-refractivity contribution is -0.144. The van der Waals surface area contributed by atoms with E-state index in [1.807, 2.05) is 49.4 Å². The van der Waals surface area contributed by atoms with Gasteiger partial charge in [0.1, 0.15) is 29.5 Å². The van der Waals surface area contributed by atoms with E-state index in [9.17, 15) is 19.1 Å². The standard InChI is InChI=1S/C29H30FNO5/c1-29(17-21-6-9-24(30)10-7-21)18-23-14-22(8-11-26(23)36-29)16-27(32)31(19-28(33)34)13-12-20-4-3-5-25(15-20)35-2/h3-11,14-15H,12-13,16-19H2,1-2H3,(H,33,34)/t29-/m1/s1. The van der Waals surface area contributed by atoms with Gasteiger partial charge < -0.3 is 19.5 Å². The van der Waals surface area contributed by atoms with Crippen molar-refractivity contribution in [1.29, 1.82) is 0 Å². The maximum Gasteiger partial charge on any atom is 0.323 e. The van der Waals surface area contributed by atoms with E-state index in [-0.39, 0.29) is 24.7 Å². The van der Waals surface area contributed by atoms with Crippen LogP contribution < -0.4 is 9.47 Å². The number of carbonyl (C=O) groups excluding carboxylic acids is 1. The number of ether oxygens (including phenoxy) is 2. The van der Waals surface area contributed by atoms with Crippen LogP contribution in [0.25, 0.3) is 0 Å². The van der Waals surface area contributed by atoms with Gasteiger partial charge in [-0.15, -0.1) is 0 Å². The molecule has 4 rings (SSSR count). The molecule has 36 heavy (non-hydrogen) atoms. The molecule has 0 spiro atoms. The summed E-state index contributed by atoms with van der Waals surface area (Å²) in [5.41, 5.74) is 3.31. The summed E-state index contributed by atoms with van der Waals surface area (Å²) in [7, 11) is 1.59. The van der Waals surface area contributed by atoms with Crippen molar-refractivity contribution in [2.45, 2.75) is 38.2 Å². The third-order valence-corrected chi connectivity index (χ3v) is 6.38. The second-order valence-corrected chi connectivity index (χ2v) is 9.46. The average molecular weight is 492 g/mol. The molecule has 0 aromatic heterocycles. The molecule has 7 heteroatoms. The van der Waals surface area contributed by atoms with Crippen molar-refractivity contribution in [3.63, 3.8) is 0 Å². The molecule has 188 valence electrons. The van der Waals surface area contributed by atoms with Crippen LogP contribution >= 0.6 is 0 Å². The van der Waals surface area contributed by atoms with Crippen LogP contribution in [0.1, 0.15) is 29.2 Å². The van der Waals surface area contributed by atoms with Crippen LogP contribution in [0, 0.1) is 5.82 Å². The maximum absolute atomic E-state index is 13.3. The number of methoxy groups -OCH3 is 1. The predicted molar refractivity (Wildman–Crippen MR) is 134 cm³/mol.